The second-order valence-corrected chi connectivity index (χ2v) is 6.90. The lowest BCUT2D eigenvalue weighted by Gasteiger charge is -2.29. The second kappa shape index (κ2) is 7.79. The van der Waals surface area contributed by atoms with Crippen molar-refractivity contribution in [2.24, 2.45) is 5.92 Å². The van der Waals surface area contributed by atoms with Crippen LogP contribution in [0.25, 0.3) is 0 Å². The number of rotatable bonds is 5. The van der Waals surface area contributed by atoms with Crippen LogP contribution in [0.2, 0.25) is 0 Å². The molecule has 1 aliphatic heterocycles. The maximum absolute atomic E-state index is 12.4. The first-order chi connectivity index (χ1) is 11.6. The summed E-state index contributed by atoms with van der Waals surface area (Å²) < 4.78 is 0. The normalized spacial score (nSPS) is 19.7. The zero-order chi connectivity index (χ0) is 16.9. The van der Waals surface area contributed by atoms with E-state index in [1.807, 2.05) is 24.3 Å². The summed E-state index contributed by atoms with van der Waals surface area (Å²) in [5.41, 5.74) is 1.74. The van der Waals surface area contributed by atoms with E-state index in [4.69, 9.17) is 0 Å². The highest BCUT2D eigenvalue weighted by Crippen LogP contribution is 2.26. The molecule has 2 amide bonds. The summed E-state index contributed by atoms with van der Waals surface area (Å²) in [4.78, 5) is 26.2. The molecule has 1 heterocycles. The van der Waals surface area contributed by atoms with E-state index in [0.717, 1.165) is 37.7 Å². The van der Waals surface area contributed by atoms with Crippen LogP contribution in [0.15, 0.2) is 24.3 Å². The summed E-state index contributed by atoms with van der Waals surface area (Å²) in [5, 5.41) is 13.0. The zero-order valence-corrected chi connectivity index (χ0v) is 14.0. The van der Waals surface area contributed by atoms with Crippen molar-refractivity contribution < 1.29 is 14.7 Å². The third kappa shape index (κ3) is 3.96. The Hall–Kier alpha value is -1.88. The predicted molar refractivity (Wildman–Crippen MR) is 91.6 cm³/mol. The van der Waals surface area contributed by atoms with Gasteiger partial charge in [0.25, 0.3) is 5.91 Å². The number of fused-ring (bicyclic) bond motifs is 1. The summed E-state index contributed by atoms with van der Waals surface area (Å²) in [6, 6.07) is 7.56. The Kier molecular flexibility index (Phi) is 5.51. The fraction of sp³-hybridized carbons (Fsp3) is 0.579. The molecule has 1 aromatic rings. The Morgan fingerprint density at radius 3 is 2.79 bits per heavy atom. The Bertz CT molecular complexity index is 596. The van der Waals surface area contributed by atoms with Crippen molar-refractivity contribution in [3.63, 3.8) is 0 Å². The predicted octanol–water partition coefficient (Wildman–Crippen LogP) is 1.74. The Morgan fingerprint density at radius 1 is 1.25 bits per heavy atom. The van der Waals surface area contributed by atoms with E-state index in [-0.39, 0.29) is 24.9 Å². The maximum Gasteiger partial charge on any atom is 0.254 e. The fourth-order valence-corrected chi connectivity index (χ4v) is 3.76. The number of nitrogens with one attached hydrogen (secondary N) is 1. The van der Waals surface area contributed by atoms with E-state index < -0.39 is 6.10 Å². The van der Waals surface area contributed by atoms with Crippen LogP contribution < -0.4 is 5.32 Å². The molecule has 0 saturated heterocycles. The topological polar surface area (TPSA) is 69.6 Å². The largest absolute Gasteiger partial charge is 0.391 e. The maximum atomic E-state index is 12.4. The number of aliphatic hydroxyl groups is 1. The van der Waals surface area contributed by atoms with E-state index in [2.05, 4.69) is 5.32 Å². The minimum atomic E-state index is -0.480. The van der Waals surface area contributed by atoms with E-state index >= 15 is 0 Å². The first-order valence-corrected chi connectivity index (χ1v) is 8.97. The van der Waals surface area contributed by atoms with E-state index in [1.54, 1.807) is 4.90 Å². The molecule has 1 atom stereocenters. The SMILES string of the molecule is O=C(CN1CCc2ccccc2C1=O)NCC(O)C1CCCCC1. The lowest BCUT2D eigenvalue weighted by Crippen LogP contribution is -2.46. The van der Waals surface area contributed by atoms with Crippen LogP contribution in [0.4, 0.5) is 0 Å². The lowest BCUT2D eigenvalue weighted by molar-refractivity contribution is -0.122. The smallest absolute Gasteiger partial charge is 0.254 e. The number of hydrogen-bond acceptors (Lipinski definition) is 3. The van der Waals surface area contributed by atoms with Gasteiger partial charge in [-0.1, -0.05) is 37.5 Å². The molecule has 2 N–H and O–H groups in total. The minimum absolute atomic E-state index is 0.0601. The van der Waals surface area contributed by atoms with Gasteiger partial charge in [-0.05, 0) is 36.8 Å². The Morgan fingerprint density at radius 2 is 2.00 bits per heavy atom. The van der Waals surface area contributed by atoms with Crippen LogP contribution in [0, 0.1) is 5.92 Å². The third-order valence-electron chi connectivity index (χ3n) is 5.22. The second-order valence-electron chi connectivity index (χ2n) is 6.90. The molecule has 2 aliphatic rings. The summed E-state index contributed by atoms with van der Waals surface area (Å²) in [6.45, 7) is 0.904. The van der Waals surface area contributed by atoms with Gasteiger partial charge < -0.3 is 15.3 Å². The minimum Gasteiger partial charge on any atom is -0.391 e. The molecule has 1 aromatic carbocycles. The van der Waals surface area contributed by atoms with Gasteiger partial charge in [0.05, 0.1) is 12.6 Å². The number of benzene rings is 1. The highest BCUT2D eigenvalue weighted by Gasteiger charge is 2.26. The molecule has 24 heavy (non-hydrogen) atoms. The molecule has 0 spiro atoms. The molecule has 0 radical (unpaired) electrons. The molecule has 5 heteroatoms. The monoisotopic (exact) mass is 330 g/mol. The molecule has 0 bridgehead atoms. The van der Waals surface area contributed by atoms with E-state index in [1.165, 1.54) is 6.42 Å². The molecule has 1 unspecified atom stereocenters. The summed E-state index contributed by atoms with van der Waals surface area (Å²) in [7, 11) is 0. The van der Waals surface area contributed by atoms with E-state index in [0.29, 0.717) is 18.0 Å². The van der Waals surface area contributed by atoms with Crippen molar-refractivity contribution in [3.05, 3.63) is 35.4 Å². The van der Waals surface area contributed by atoms with Crippen LogP contribution in [0.1, 0.15) is 48.0 Å². The molecular weight excluding hydrogens is 304 g/mol. The third-order valence-corrected chi connectivity index (χ3v) is 5.22. The van der Waals surface area contributed by atoms with Crippen LogP contribution >= 0.6 is 0 Å². The first kappa shape index (κ1) is 17.0. The molecular formula is C19H26N2O3. The highest BCUT2D eigenvalue weighted by atomic mass is 16.3. The molecule has 3 rings (SSSR count). The zero-order valence-electron chi connectivity index (χ0n) is 14.0. The van der Waals surface area contributed by atoms with Gasteiger partial charge in [0.15, 0.2) is 0 Å². The number of carbonyl (C=O) groups excluding carboxylic acids is 2. The fourth-order valence-electron chi connectivity index (χ4n) is 3.76. The number of hydrogen-bond donors (Lipinski definition) is 2. The summed E-state index contributed by atoms with van der Waals surface area (Å²) in [5.74, 6) is 0.0139. The van der Waals surface area contributed by atoms with Gasteiger partial charge >= 0.3 is 0 Å². The first-order valence-electron chi connectivity index (χ1n) is 8.97. The van der Waals surface area contributed by atoms with Crippen LogP contribution in [-0.4, -0.2) is 47.6 Å². The Labute approximate surface area is 143 Å². The molecule has 5 nitrogen and oxygen atoms in total. The number of carbonyl (C=O) groups is 2. The molecule has 1 fully saturated rings. The van der Waals surface area contributed by atoms with Crippen LogP contribution in [0.5, 0.6) is 0 Å². The average Bonchev–Trinajstić information content (AvgIpc) is 2.63. The van der Waals surface area contributed by atoms with Crippen molar-refractivity contribution in [3.8, 4) is 0 Å². The summed E-state index contributed by atoms with van der Waals surface area (Å²) in [6.07, 6.45) is 5.95. The van der Waals surface area contributed by atoms with Gasteiger partial charge in [-0.15, -0.1) is 0 Å². The average molecular weight is 330 g/mol. The molecule has 130 valence electrons. The number of nitrogens with zero attached hydrogens (tertiary/aromatic N) is 1. The van der Waals surface area contributed by atoms with Crippen molar-refractivity contribution in [2.75, 3.05) is 19.6 Å². The van der Waals surface area contributed by atoms with Gasteiger partial charge in [0.2, 0.25) is 5.91 Å². The van der Waals surface area contributed by atoms with Crippen LogP contribution in [-0.2, 0) is 11.2 Å². The highest BCUT2D eigenvalue weighted by molar-refractivity contribution is 5.98. The van der Waals surface area contributed by atoms with Gasteiger partial charge in [-0.25, -0.2) is 0 Å². The number of amides is 2. The Balaban J connectivity index is 1.48. The van der Waals surface area contributed by atoms with Crippen molar-refractivity contribution in [2.45, 2.75) is 44.6 Å². The molecule has 0 aromatic heterocycles. The molecule has 1 aliphatic carbocycles. The van der Waals surface area contributed by atoms with Crippen molar-refractivity contribution >= 4 is 11.8 Å². The van der Waals surface area contributed by atoms with Gasteiger partial charge in [0.1, 0.15) is 0 Å². The van der Waals surface area contributed by atoms with Gasteiger partial charge in [0, 0.05) is 18.7 Å². The quantitative estimate of drug-likeness (QED) is 0.864. The van der Waals surface area contributed by atoms with Crippen molar-refractivity contribution in [1.29, 1.82) is 0 Å². The summed E-state index contributed by atoms with van der Waals surface area (Å²) >= 11 is 0. The number of aliphatic hydroxyl groups excluding tert-OH is 1. The van der Waals surface area contributed by atoms with E-state index in [9.17, 15) is 14.7 Å². The standard InChI is InChI=1S/C19H26N2O3/c22-17(15-7-2-1-3-8-15)12-20-18(23)13-21-11-10-14-6-4-5-9-16(14)19(21)24/h4-6,9,15,17,22H,1-3,7-8,10-13H2,(H,20,23). The lowest BCUT2D eigenvalue weighted by atomic mass is 9.85. The van der Waals surface area contributed by atoms with Crippen molar-refractivity contribution in [1.82, 2.24) is 10.2 Å². The molecule has 1 saturated carbocycles. The van der Waals surface area contributed by atoms with Crippen LogP contribution in [0.3, 0.4) is 0 Å². The van der Waals surface area contributed by atoms with Gasteiger partial charge in [-0.2, -0.15) is 0 Å². The van der Waals surface area contributed by atoms with Gasteiger partial charge in [-0.3, -0.25) is 9.59 Å².